The van der Waals surface area contributed by atoms with Gasteiger partial charge >= 0.3 is 0 Å². The maximum absolute atomic E-state index is 4.44. The molecule has 0 unspecified atom stereocenters. The van der Waals surface area contributed by atoms with E-state index < -0.39 is 0 Å². The van der Waals surface area contributed by atoms with Gasteiger partial charge in [-0.2, -0.15) is 0 Å². The van der Waals surface area contributed by atoms with E-state index in [0.717, 1.165) is 5.59 Å². The normalized spacial score (nSPS) is 10.4. The van der Waals surface area contributed by atoms with Crippen molar-refractivity contribution < 1.29 is 0 Å². The fourth-order valence-corrected chi connectivity index (χ4v) is 2.29. The lowest BCUT2D eigenvalue weighted by molar-refractivity contribution is 1.33. The molecule has 20 heavy (non-hydrogen) atoms. The van der Waals surface area contributed by atoms with Gasteiger partial charge in [0.25, 0.3) is 0 Å². The predicted octanol–water partition coefficient (Wildman–Crippen LogP) is 2.98. The van der Waals surface area contributed by atoms with Crippen molar-refractivity contribution in [2.24, 2.45) is 0 Å². The molecule has 0 bridgehead atoms. The van der Waals surface area contributed by atoms with Gasteiger partial charge < -0.3 is 0 Å². The van der Waals surface area contributed by atoms with E-state index in [1.54, 1.807) is 0 Å². The quantitative estimate of drug-likeness (QED) is 0.643. The highest BCUT2D eigenvalue weighted by Crippen LogP contribution is 2.24. The average molecular weight is 257 g/mol. The summed E-state index contributed by atoms with van der Waals surface area (Å²) in [5.74, 6) is 0. The van der Waals surface area contributed by atoms with Gasteiger partial charge in [-0.15, -0.1) is 0 Å². The van der Waals surface area contributed by atoms with Crippen LogP contribution in [0, 0.1) is 6.92 Å². The van der Waals surface area contributed by atoms with Crippen LogP contribution in [-0.4, -0.2) is 12.8 Å². The minimum absolute atomic E-state index is 1.09. The van der Waals surface area contributed by atoms with Gasteiger partial charge in [-0.25, -0.2) is 0 Å². The number of pyridine rings is 1. The summed E-state index contributed by atoms with van der Waals surface area (Å²) < 4.78 is 0. The third kappa shape index (κ3) is 2.50. The van der Waals surface area contributed by atoms with Crippen molar-refractivity contribution in [1.29, 1.82) is 0 Å². The van der Waals surface area contributed by atoms with Crippen LogP contribution in [0.15, 0.2) is 66.9 Å². The third-order valence-electron chi connectivity index (χ3n) is 3.67. The molecule has 0 aliphatic heterocycles. The van der Waals surface area contributed by atoms with E-state index in [4.69, 9.17) is 0 Å². The molecule has 3 aromatic rings. The SMILES string of the molecule is Bc1ncc(-c2ccc(-c3ccccc3)cc2)cc1C. The zero-order valence-electron chi connectivity index (χ0n) is 11.8. The summed E-state index contributed by atoms with van der Waals surface area (Å²) >= 11 is 0. The Morgan fingerprint density at radius 3 is 1.90 bits per heavy atom. The topological polar surface area (TPSA) is 12.9 Å². The molecule has 2 heteroatoms. The lowest BCUT2D eigenvalue weighted by Gasteiger charge is -2.07. The van der Waals surface area contributed by atoms with Crippen molar-refractivity contribution in [2.45, 2.75) is 6.92 Å². The first-order chi connectivity index (χ1) is 9.74. The molecule has 0 atom stereocenters. The van der Waals surface area contributed by atoms with E-state index in [2.05, 4.69) is 66.5 Å². The van der Waals surface area contributed by atoms with Crippen molar-refractivity contribution in [1.82, 2.24) is 4.98 Å². The van der Waals surface area contributed by atoms with Gasteiger partial charge in [0, 0.05) is 11.8 Å². The smallest absolute Gasteiger partial charge is 0.164 e. The molecule has 0 N–H and O–H groups in total. The fourth-order valence-electron chi connectivity index (χ4n) is 2.29. The molecule has 2 aromatic carbocycles. The van der Waals surface area contributed by atoms with Crippen molar-refractivity contribution in [3.8, 4) is 22.3 Å². The van der Waals surface area contributed by atoms with Crippen molar-refractivity contribution in [3.05, 3.63) is 72.4 Å². The first-order valence-electron chi connectivity index (χ1n) is 6.83. The number of rotatable bonds is 2. The Labute approximate surface area is 120 Å². The molecule has 3 rings (SSSR count). The number of hydrogen-bond acceptors (Lipinski definition) is 1. The standard InChI is InChI=1S/C18H16BN/c1-13-11-17(12-20-18(13)19)16-9-7-15(8-10-16)14-5-3-2-4-6-14/h2-12H,19H2,1H3. The molecule has 0 amide bonds. The van der Waals surface area contributed by atoms with Crippen LogP contribution >= 0.6 is 0 Å². The minimum atomic E-state index is 1.09. The van der Waals surface area contributed by atoms with Crippen LogP contribution in [0.2, 0.25) is 0 Å². The van der Waals surface area contributed by atoms with Gasteiger partial charge in [0.15, 0.2) is 7.85 Å². The molecule has 96 valence electrons. The minimum Gasteiger partial charge on any atom is -0.271 e. The Morgan fingerprint density at radius 1 is 0.750 bits per heavy atom. The van der Waals surface area contributed by atoms with E-state index in [0.29, 0.717) is 0 Å². The number of aromatic nitrogens is 1. The van der Waals surface area contributed by atoms with E-state index >= 15 is 0 Å². The summed E-state index contributed by atoms with van der Waals surface area (Å²) in [7, 11) is 2.04. The molecule has 0 spiro atoms. The highest BCUT2D eigenvalue weighted by molar-refractivity contribution is 6.31. The van der Waals surface area contributed by atoms with Gasteiger partial charge in [-0.1, -0.05) is 54.6 Å². The molecule has 1 nitrogen and oxygen atoms in total. The molecule has 1 aromatic heterocycles. The van der Waals surface area contributed by atoms with E-state index in [1.807, 2.05) is 20.1 Å². The van der Waals surface area contributed by atoms with Crippen LogP contribution in [0.5, 0.6) is 0 Å². The molecular formula is C18H16BN. The summed E-state index contributed by atoms with van der Waals surface area (Å²) in [5.41, 5.74) is 7.20. The van der Waals surface area contributed by atoms with Crippen LogP contribution in [0.25, 0.3) is 22.3 Å². The van der Waals surface area contributed by atoms with Crippen molar-refractivity contribution in [2.75, 3.05) is 0 Å². The first kappa shape index (κ1) is 12.7. The zero-order chi connectivity index (χ0) is 13.9. The highest BCUT2D eigenvalue weighted by Gasteiger charge is 2.02. The molecule has 0 aliphatic carbocycles. The lowest BCUT2D eigenvalue weighted by atomic mass is 9.95. The second-order valence-electron chi connectivity index (χ2n) is 5.07. The van der Waals surface area contributed by atoms with Crippen molar-refractivity contribution >= 4 is 13.4 Å². The highest BCUT2D eigenvalue weighted by atomic mass is 14.6. The van der Waals surface area contributed by atoms with Gasteiger partial charge in [0.05, 0.1) is 0 Å². The van der Waals surface area contributed by atoms with E-state index in [1.165, 1.54) is 27.8 Å². The number of hydrogen-bond donors (Lipinski definition) is 0. The maximum Gasteiger partial charge on any atom is 0.164 e. The van der Waals surface area contributed by atoms with Gasteiger partial charge in [0.1, 0.15) is 0 Å². The summed E-state index contributed by atoms with van der Waals surface area (Å²) in [4.78, 5) is 4.44. The summed E-state index contributed by atoms with van der Waals surface area (Å²) in [6, 6.07) is 21.3. The summed E-state index contributed by atoms with van der Waals surface area (Å²) in [6.45, 7) is 2.10. The lowest BCUT2D eigenvalue weighted by Crippen LogP contribution is -2.11. The Balaban J connectivity index is 1.95. The second kappa shape index (κ2) is 5.34. The van der Waals surface area contributed by atoms with Crippen LogP contribution in [0.1, 0.15) is 5.56 Å². The summed E-state index contributed by atoms with van der Waals surface area (Å²) in [6.07, 6.45) is 1.94. The Kier molecular flexibility index (Phi) is 3.38. The molecule has 0 fully saturated rings. The molecule has 1 heterocycles. The maximum atomic E-state index is 4.44. The monoisotopic (exact) mass is 257 g/mol. The van der Waals surface area contributed by atoms with Gasteiger partial charge in [-0.3, -0.25) is 4.98 Å². The van der Waals surface area contributed by atoms with Crippen molar-refractivity contribution in [3.63, 3.8) is 0 Å². The molecule has 0 aliphatic rings. The van der Waals surface area contributed by atoms with Crippen LogP contribution in [0.3, 0.4) is 0 Å². The summed E-state index contributed by atoms with van der Waals surface area (Å²) in [5, 5.41) is 0. The zero-order valence-corrected chi connectivity index (χ0v) is 11.8. The van der Waals surface area contributed by atoms with Crippen LogP contribution < -0.4 is 5.59 Å². The molecular weight excluding hydrogens is 241 g/mol. The third-order valence-corrected chi connectivity index (χ3v) is 3.67. The van der Waals surface area contributed by atoms with Crippen LogP contribution in [0.4, 0.5) is 0 Å². The Hall–Kier alpha value is -2.35. The Bertz CT molecular complexity index is 718. The fraction of sp³-hybridized carbons (Fsp3) is 0.0556. The van der Waals surface area contributed by atoms with E-state index in [9.17, 15) is 0 Å². The predicted molar refractivity (Wildman–Crippen MR) is 88.0 cm³/mol. The van der Waals surface area contributed by atoms with Gasteiger partial charge in [0.2, 0.25) is 0 Å². The number of benzene rings is 2. The first-order valence-corrected chi connectivity index (χ1v) is 6.83. The van der Waals surface area contributed by atoms with Gasteiger partial charge in [-0.05, 0) is 40.8 Å². The van der Waals surface area contributed by atoms with Crippen LogP contribution in [-0.2, 0) is 0 Å². The second-order valence-corrected chi connectivity index (χ2v) is 5.07. The molecule has 0 radical (unpaired) electrons. The average Bonchev–Trinajstić information content (AvgIpc) is 2.51. The van der Waals surface area contributed by atoms with E-state index in [-0.39, 0.29) is 0 Å². The number of nitrogens with zero attached hydrogens (tertiary/aromatic N) is 1. The largest absolute Gasteiger partial charge is 0.271 e. The number of aryl methyl sites for hydroxylation is 1. The molecule has 0 saturated heterocycles. The molecule has 0 saturated carbocycles. The Morgan fingerprint density at radius 2 is 1.30 bits per heavy atom.